The molecule has 0 spiro atoms. The van der Waals surface area contributed by atoms with Crippen LogP contribution in [0.2, 0.25) is 0 Å². The molecule has 0 radical (unpaired) electrons. The van der Waals surface area contributed by atoms with Gasteiger partial charge in [-0.3, -0.25) is 4.99 Å². The van der Waals surface area contributed by atoms with Crippen LogP contribution in [0.4, 0.5) is 0 Å². The Hall–Kier alpha value is -1.31. The lowest BCUT2D eigenvalue weighted by Crippen LogP contribution is -2.37. The molecule has 0 N–H and O–H groups in total. The first-order valence-corrected chi connectivity index (χ1v) is 5.84. The minimum Gasteiger partial charge on any atom is -0.494 e. The van der Waals surface area contributed by atoms with Gasteiger partial charge < -0.3 is 4.74 Å². The van der Waals surface area contributed by atoms with E-state index < -0.39 is 0 Å². The highest BCUT2D eigenvalue weighted by molar-refractivity contribution is 5.46. The zero-order valence-corrected chi connectivity index (χ0v) is 10.5. The fourth-order valence-electron chi connectivity index (χ4n) is 2.32. The Morgan fingerprint density at radius 3 is 2.81 bits per heavy atom. The van der Waals surface area contributed by atoms with E-state index in [-0.39, 0.29) is 5.54 Å². The van der Waals surface area contributed by atoms with Crippen LogP contribution in [0.5, 0.6) is 5.75 Å². The molecule has 86 valence electrons. The van der Waals surface area contributed by atoms with Crippen LogP contribution in [0.3, 0.4) is 0 Å². The molecule has 0 fully saturated rings. The van der Waals surface area contributed by atoms with Crippen molar-refractivity contribution in [2.24, 2.45) is 4.99 Å². The molecule has 2 rings (SSSR count). The van der Waals surface area contributed by atoms with Crippen molar-refractivity contribution in [2.75, 3.05) is 6.61 Å². The van der Waals surface area contributed by atoms with E-state index >= 15 is 0 Å². The van der Waals surface area contributed by atoms with Crippen molar-refractivity contribution in [3.05, 3.63) is 28.8 Å². The Morgan fingerprint density at radius 1 is 1.38 bits per heavy atom. The minimum atomic E-state index is 0.0320. The zero-order valence-electron chi connectivity index (χ0n) is 10.5. The van der Waals surface area contributed by atoms with Crippen LogP contribution in [0.15, 0.2) is 23.2 Å². The monoisotopic (exact) mass is 217 g/mol. The zero-order chi connectivity index (χ0) is 11.8. The predicted molar refractivity (Wildman–Crippen MR) is 66.2 cm³/mol. The summed E-state index contributed by atoms with van der Waals surface area (Å²) in [6, 6.07) is 6.16. The lowest BCUT2D eigenvalue weighted by molar-refractivity contribution is 0.339. The van der Waals surface area contributed by atoms with Gasteiger partial charge in [0.1, 0.15) is 5.75 Å². The summed E-state index contributed by atoms with van der Waals surface area (Å²) in [5.41, 5.74) is 1.43. The van der Waals surface area contributed by atoms with E-state index in [2.05, 4.69) is 32.9 Å². The Labute approximate surface area is 96.7 Å². The second-order valence-electron chi connectivity index (χ2n) is 4.99. The Balaban J connectivity index is 2.60. The van der Waals surface area contributed by atoms with Gasteiger partial charge in [-0.15, -0.1) is 0 Å². The largest absolute Gasteiger partial charge is 0.494 e. The molecule has 1 heterocycles. The molecule has 0 bridgehead atoms. The quantitative estimate of drug-likeness (QED) is 0.743. The molecule has 0 saturated carbocycles. The van der Waals surface area contributed by atoms with E-state index in [0.717, 1.165) is 17.5 Å². The molecule has 1 aromatic rings. The van der Waals surface area contributed by atoms with Crippen LogP contribution in [0.25, 0.3) is 5.57 Å². The van der Waals surface area contributed by atoms with Crippen LogP contribution in [-0.4, -0.2) is 12.1 Å². The second kappa shape index (κ2) is 3.93. The van der Waals surface area contributed by atoms with E-state index in [1.54, 1.807) is 0 Å². The number of hydrogen-bond donors (Lipinski definition) is 0. The van der Waals surface area contributed by atoms with Gasteiger partial charge in [0.15, 0.2) is 0 Å². The fraction of sp³-hybridized carbons (Fsp3) is 0.500. The summed E-state index contributed by atoms with van der Waals surface area (Å²) in [7, 11) is 0. The maximum atomic E-state index is 5.52. The van der Waals surface area contributed by atoms with Gasteiger partial charge in [0.25, 0.3) is 0 Å². The molecule has 0 aliphatic carbocycles. The third kappa shape index (κ3) is 2.11. The maximum Gasteiger partial charge on any atom is 0.120 e. The molecule has 1 aliphatic rings. The van der Waals surface area contributed by atoms with E-state index in [9.17, 15) is 0 Å². The number of benzene rings is 1. The van der Waals surface area contributed by atoms with Crippen LogP contribution >= 0.6 is 0 Å². The van der Waals surface area contributed by atoms with Gasteiger partial charge in [0, 0.05) is 5.22 Å². The Kier molecular flexibility index (Phi) is 2.75. The van der Waals surface area contributed by atoms with Crippen molar-refractivity contribution in [1.82, 2.24) is 0 Å². The van der Waals surface area contributed by atoms with E-state index in [1.807, 2.05) is 13.0 Å². The van der Waals surface area contributed by atoms with Crippen LogP contribution in [0, 0.1) is 0 Å². The van der Waals surface area contributed by atoms with Crippen molar-refractivity contribution < 1.29 is 4.74 Å². The Morgan fingerprint density at radius 2 is 2.12 bits per heavy atom. The number of hydrogen-bond acceptors (Lipinski definition) is 2. The Bertz CT molecular complexity index is 514. The lowest BCUT2D eigenvalue weighted by atomic mass is 9.92. The number of nitrogens with zero attached hydrogens (tertiary/aromatic N) is 1. The van der Waals surface area contributed by atoms with Crippen molar-refractivity contribution in [1.29, 1.82) is 0 Å². The van der Waals surface area contributed by atoms with Gasteiger partial charge in [0.2, 0.25) is 0 Å². The molecule has 2 heteroatoms. The predicted octanol–water partition coefficient (Wildman–Crippen LogP) is 2.06. The molecule has 1 aliphatic heterocycles. The highest BCUT2D eigenvalue weighted by Gasteiger charge is 2.20. The SMILES string of the molecule is CCOc1ccc2c(c1)=C(C)CC(C)(C)N=2. The third-order valence-corrected chi connectivity index (χ3v) is 2.86. The first-order chi connectivity index (χ1) is 7.52. The van der Waals surface area contributed by atoms with Crippen LogP contribution in [0.1, 0.15) is 34.1 Å². The first kappa shape index (κ1) is 11.2. The number of rotatable bonds is 2. The molecule has 0 unspecified atom stereocenters. The van der Waals surface area contributed by atoms with Gasteiger partial charge in [-0.2, -0.15) is 0 Å². The molecule has 0 aromatic heterocycles. The summed E-state index contributed by atoms with van der Waals surface area (Å²) >= 11 is 0. The second-order valence-corrected chi connectivity index (χ2v) is 4.99. The fourth-order valence-corrected chi connectivity index (χ4v) is 2.32. The van der Waals surface area contributed by atoms with Crippen LogP contribution < -0.4 is 15.3 Å². The molecule has 0 saturated heterocycles. The summed E-state index contributed by atoms with van der Waals surface area (Å²) in [4.78, 5) is 4.75. The summed E-state index contributed by atoms with van der Waals surface area (Å²) in [6.45, 7) is 9.25. The van der Waals surface area contributed by atoms with Gasteiger partial charge in [-0.05, 0) is 52.3 Å². The number of ether oxygens (including phenoxy) is 1. The normalized spacial score (nSPS) is 17.6. The van der Waals surface area contributed by atoms with Crippen molar-refractivity contribution in [3.63, 3.8) is 0 Å². The average molecular weight is 217 g/mol. The highest BCUT2D eigenvalue weighted by Crippen LogP contribution is 2.21. The standard InChI is InChI=1S/C14H19NO/c1-5-16-11-6-7-13-12(8-11)10(2)9-14(3,4)15-13/h6-8H,5,9H2,1-4H3. The van der Waals surface area contributed by atoms with Gasteiger partial charge >= 0.3 is 0 Å². The molecule has 0 amide bonds. The summed E-state index contributed by atoms with van der Waals surface area (Å²) in [5, 5.41) is 2.34. The van der Waals surface area contributed by atoms with Crippen LogP contribution in [-0.2, 0) is 0 Å². The summed E-state index contributed by atoms with van der Waals surface area (Å²) < 4.78 is 5.52. The molecule has 1 aromatic carbocycles. The first-order valence-electron chi connectivity index (χ1n) is 5.84. The van der Waals surface area contributed by atoms with E-state index in [4.69, 9.17) is 9.73 Å². The van der Waals surface area contributed by atoms with E-state index in [0.29, 0.717) is 6.61 Å². The molecule has 16 heavy (non-hydrogen) atoms. The molecule has 0 atom stereocenters. The van der Waals surface area contributed by atoms with E-state index in [1.165, 1.54) is 10.8 Å². The maximum absolute atomic E-state index is 5.52. The lowest BCUT2D eigenvalue weighted by Gasteiger charge is -2.23. The topological polar surface area (TPSA) is 21.6 Å². The van der Waals surface area contributed by atoms with Gasteiger partial charge in [-0.1, -0.05) is 5.57 Å². The molecular weight excluding hydrogens is 198 g/mol. The molecule has 2 nitrogen and oxygen atoms in total. The van der Waals surface area contributed by atoms with Crippen molar-refractivity contribution >= 4 is 5.57 Å². The highest BCUT2D eigenvalue weighted by atomic mass is 16.5. The summed E-state index contributed by atoms with van der Waals surface area (Å²) in [6.07, 6.45) is 1.02. The summed E-state index contributed by atoms with van der Waals surface area (Å²) in [5.74, 6) is 0.940. The average Bonchev–Trinajstić information content (AvgIpc) is 2.18. The van der Waals surface area contributed by atoms with Gasteiger partial charge in [0.05, 0.1) is 17.5 Å². The molecular formula is C14H19NO. The number of fused-ring (bicyclic) bond motifs is 1. The third-order valence-electron chi connectivity index (χ3n) is 2.86. The smallest absolute Gasteiger partial charge is 0.120 e. The minimum absolute atomic E-state index is 0.0320. The van der Waals surface area contributed by atoms with Gasteiger partial charge in [-0.25, -0.2) is 0 Å². The van der Waals surface area contributed by atoms with Crippen molar-refractivity contribution in [2.45, 2.75) is 39.7 Å². The van der Waals surface area contributed by atoms with Crippen molar-refractivity contribution in [3.8, 4) is 5.75 Å².